The van der Waals surface area contributed by atoms with Crippen LogP contribution in [0.2, 0.25) is 0 Å². The second-order valence-electron chi connectivity index (χ2n) is 5.68. The Morgan fingerprint density at radius 3 is 2.12 bits per heavy atom. The molecule has 0 radical (unpaired) electrons. The minimum Gasteiger partial charge on any atom is -0.317 e. The second-order valence-corrected chi connectivity index (χ2v) is 5.68. The molecule has 2 rings (SSSR count). The molecule has 1 N–H and O–H groups in total. The molecule has 2 fully saturated rings. The van der Waals surface area contributed by atoms with Crippen molar-refractivity contribution in [2.75, 3.05) is 20.1 Å². The summed E-state index contributed by atoms with van der Waals surface area (Å²) < 4.78 is 0. The van der Waals surface area contributed by atoms with Crippen LogP contribution in [0.4, 0.5) is 0 Å². The Morgan fingerprint density at radius 1 is 1.00 bits per heavy atom. The maximum Gasteiger partial charge on any atom is 0.00964 e. The van der Waals surface area contributed by atoms with Crippen molar-refractivity contribution in [3.63, 3.8) is 0 Å². The normalized spacial score (nSPS) is 34.1. The number of nitrogens with one attached hydrogen (secondary N) is 1. The van der Waals surface area contributed by atoms with E-state index in [0.29, 0.717) is 0 Å². The minimum atomic E-state index is 0.796. The third-order valence-corrected chi connectivity index (χ3v) is 4.85. The average molecular weight is 224 g/mol. The number of piperidine rings is 1. The molecule has 94 valence electrons. The molecule has 16 heavy (non-hydrogen) atoms. The van der Waals surface area contributed by atoms with E-state index in [4.69, 9.17) is 0 Å². The molecule has 0 spiro atoms. The molecule has 2 heteroatoms. The molecule has 2 aliphatic rings. The summed E-state index contributed by atoms with van der Waals surface area (Å²) in [6.45, 7) is 5.08. The van der Waals surface area contributed by atoms with Gasteiger partial charge in [0.1, 0.15) is 0 Å². The van der Waals surface area contributed by atoms with Crippen molar-refractivity contribution >= 4 is 0 Å². The van der Waals surface area contributed by atoms with Crippen molar-refractivity contribution < 1.29 is 0 Å². The van der Waals surface area contributed by atoms with Gasteiger partial charge in [0.2, 0.25) is 0 Å². The number of likely N-dealkylation sites (tertiary alicyclic amines) is 1. The van der Waals surface area contributed by atoms with Gasteiger partial charge in [-0.05, 0) is 64.6 Å². The highest BCUT2D eigenvalue weighted by molar-refractivity contribution is 4.84. The molecule has 1 aliphatic carbocycles. The van der Waals surface area contributed by atoms with Crippen LogP contribution < -0.4 is 5.32 Å². The van der Waals surface area contributed by atoms with E-state index >= 15 is 0 Å². The van der Waals surface area contributed by atoms with Gasteiger partial charge in [0, 0.05) is 12.1 Å². The van der Waals surface area contributed by atoms with Gasteiger partial charge in [-0.25, -0.2) is 0 Å². The fraction of sp³-hybridized carbons (Fsp3) is 1.00. The van der Waals surface area contributed by atoms with Crippen LogP contribution in [0.1, 0.15) is 51.9 Å². The maximum atomic E-state index is 3.43. The average Bonchev–Trinajstić information content (AvgIpc) is 2.39. The first kappa shape index (κ1) is 12.4. The van der Waals surface area contributed by atoms with Crippen molar-refractivity contribution in [2.45, 2.75) is 64.0 Å². The van der Waals surface area contributed by atoms with E-state index in [0.717, 1.165) is 18.0 Å². The van der Waals surface area contributed by atoms with Crippen molar-refractivity contribution in [3.8, 4) is 0 Å². The van der Waals surface area contributed by atoms with Gasteiger partial charge in [-0.2, -0.15) is 0 Å². The third-order valence-electron chi connectivity index (χ3n) is 4.85. The summed E-state index contributed by atoms with van der Waals surface area (Å²) in [7, 11) is 2.11. The van der Waals surface area contributed by atoms with E-state index in [1.165, 1.54) is 58.0 Å². The molecule has 1 aliphatic heterocycles. The summed E-state index contributed by atoms with van der Waals surface area (Å²) >= 11 is 0. The molecule has 1 heterocycles. The van der Waals surface area contributed by atoms with E-state index in [1.807, 2.05) is 0 Å². The highest BCUT2D eigenvalue weighted by Gasteiger charge is 2.27. The van der Waals surface area contributed by atoms with Crippen LogP contribution in [0.15, 0.2) is 0 Å². The van der Waals surface area contributed by atoms with Gasteiger partial charge in [-0.15, -0.1) is 0 Å². The zero-order chi connectivity index (χ0) is 11.4. The molecule has 1 saturated heterocycles. The van der Waals surface area contributed by atoms with Crippen LogP contribution in [-0.2, 0) is 0 Å². The quantitative estimate of drug-likeness (QED) is 0.793. The van der Waals surface area contributed by atoms with Crippen LogP contribution in [0.25, 0.3) is 0 Å². The van der Waals surface area contributed by atoms with Gasteiger partial charge in [0.05, 0.1) is 0 Å². The lowest BCUT2D eigenvalue weighted by Gasteiger charge is -2.40. The molecule has 2 nitrogen and oxygen atoms in total. The highest BCUT2D eigenvalue weighted by atomic mass is 15.2. The highest BCUT2D eigenvalue weighted by Crippen LogP contribution is 2.28. The Labute approximate surface area is 101 Å². The first-order valence-electron chi connectivity index (χ1n) is 7.24. The predicted octanol–water partition coefficient (Wildman–Crippen LogP) is 2.64. The van der Waals surface area contributed by atoms with Crippen molar-refractivity contribution in [3.05, 3.63) is 0 Å². The summed E-state index contributed by atoms with van der Waals surface area (Å²) in [4.78, 5) is 2.78. The predicted molar refractivity (Wildman–Crippen MR) is 69.7 cm³/mol. The molecule has 0 aromatic rings. The van der Waals surface area contributed by atoms with Gasteiger partial charge in [-0.1, -0.05) is 13.3 Å². The zero-order valence-corrected chi connectivity index (χ0v) is 11.0. The Kier molecular flexibility index (Phi) is 4.66. The van der Waals surface area contributed by atoms with Gasteiger partial charge in [-0.3, -0.25) is 0 Å². The van der Waals surface area contributed by atoms with E-state index in [-0.39, 0.29) is 0 Å². The zero-order valence-electron chi connectivity index (χ0n) is 11.0. The molecule has 0 aromatic heterocycles. The standard InChI is InChI=1S/C14H28N2/c1-3-12-8-10-16(11-9-12)14-6-4-13(15-2)5-7-14/h12-15H,3-11H2,1-2H3. The molecule has 0 bridgehead atoms. The van der Waals surface area contributed by atoms with Crippen LogP contribution >= 0.6 is 0 Å². The minimum absolute atomic E-state index is 0.796. The summed E-state index contributed by atoms with van der Waals surface area (Å²) in [5.41, 5.74) is 0. The SMILES string of the molecule is CCC1CCN(C2CCC(NC)CC2)CC1. The number of hydrogen-bond acceptors (Lipinski definition) is 2. The van der Waals surface area contributed by atoms with Crippen LogP contribution in [0, 0.1) is 5.92 Å². The molecule has 0 unspecified atom stereocenters. The van der Waals surface area contributed by atoms with E-state index in [1.54, 1.807) is 0 Å². The van der Waals surface area contributed by atoms with Gasteiger partial charge < -0.3 is 10.2 Å². The summed E-state index contributed by atoms with van der Waals surface area (Å²) in [6, 6.07) is 1.70. The lowest BCUT2D eigenvalue weighted by molar-refractivity contribution is 0.0992. The topological polar surface area (TPSA) is 15.3 Å². The summed E-state index contributed by atoms with van der Waals surface area (Å²) in [6.07, 6.45) is 9.89. The van der Waals surface area contributed by atoms with Crippen LogP contribution in [-0.4, -0.2) is 37.1 Å². The molecule has 0 atom stereocenters. The maximum absolute atomic E-state index is 3.43. The van der Waals surface area contributed by atoms with Crippen LogP contribution in [0.3, 0.4) is 0 Å². The van der Waals surface area contributed by atoms with E-state index in [9.17, 15) is 0 Å². The fourth-order valence-electron chi connectivity index (χ4n) is 3.46. The molecular weight excluding hydrogens is 196 g/mol. The van der Waals surface area contributed by atoms with Gasteiger partial charge in [0.25, 0.3) is 0 Å². The Bertz CT molecular complexity index is 167. The Hall–Kier alpha value is -0.0800. The second kappa shape index (κ2) is 6.02. The molecular formula is C14H28N2. The summed E-state index contributed by atoms with van der Waals surface area (Å²) in [5.74, 6) is 1.02. The molecule has 0 aromatic carbocycles. The first-order chi connectivity index (χ1) is 7.83. The Balaban J connectivity index is 1.73. The van der Waals surface area contributed by atoms with E-state index < -0.39 is 0 Å². The van der Waals surface area contributed by atoms with Gasteiger partial charge in [0.15, 0.2) is 0 Å². The van der Waals surface area contributed by atoms with E-state index in [2.05, 4.69) is 24.2 Å². The lowest BCUT2D eigenvalue weighted by atomic mass is 9.87. The number of nitrogens with zero attached hydrogens (tertiary/aromatic N) is 1. The Morgan fingerprint density at radius 2 is 1.62 bits per heavy atom. The molecule has 0 amide bonds. The monoisotopic (exact) mass is 224 g/mol. The van der Waals surface area contributed by atoms with Crippen molar-refractivity contribution in [2.24, 2.45) is 5.92 Å². The number of rotatable bonds is 3. The smallest absolute Gasteiger partial charge is 0.00964 e. The number of hydrogen-bond donors (Lipinski definition) is 1. The van der Waals surface area contributed by atoms with Crippen LogP contribution in [0.5, 0.6) is 0 Å². The molecule has 1 saturated carbocycles. The van der Waals surface area contributed by atoms with Crippen molar-refractivity contribution in [1.82, 2.24) is 10.2 Å². The lowest BCUT2D eigenvalue weighted by Crippen LogP contribution is -2.45. The fourth-order valence-corrected chi connectivity index (χ4v) is 3.46. The largest absolute Gasteiger partial charge is 0.317 e. The summed E-state index contributed by atoms with van der Waals surface area (Å²) in [5, 5.41) is 3.43. The van der Waals surface area contributed by atoms with Crippen molar-refractivity contribution in [1.29, 1.82) is 0 Å². The van der Waals surface area contributed by atoms with Gasteiger partial charge >= 0.3 is 0 Å². The first-order valence-corrected chi connectivity index (χ1v) is 7.24. The third kappa shape index (κ3) is 2.98.